The normalized spacial score (nSPS) is 28.1. The third-order valence-corrected chi connectivity index (χ3v) is 5.01. The van der Waals surface area contributed by atoms with Gasteiger partial charge in [-0.15, -0.1) is 0 Å². The van der Waals surface area contributed by atoms with Gasteiger partial charge in [-0.2, -0.15) is 0 Å². The molecule has 0 amide bonds. The minimum absolute atomic E-state index is 0.0722. The number of likely N-dealkylation sites (tertiary alicyclic amines) is 1. The van der Waals surface area contributed by atoms with Gasteiger partial charge < -0.3 is 15.2 Å². The van der Waals surface area contributed by atoms with Crippen molar-refractivity contribution in [2.45, 2.75) is 25.3 Å². The fourth-order valence-corrected chi connectivity index (χ4v) is 3.74. The molecule has 0 saturated carbocycles. The molecular formula is C17H23FN2O3. The van der Waals surface area contributed by atoms with E-state index in [0.717, 1.165) is 32.4 Å². The number of fused-ring (bicyclic) bond motifs is 1. The number of ether oxygens (including phenoxy) is 1. The Hall–Kier alpha value is -1.66. The molecule has 0 aromatic heterocycles. The zero-order valence-corrected chi connectivity index (χ0v) is 13.1. The Morgan fingerprint density at radius 1 is 1.43 bits per heavy atom. The maximum Gasteiger partial charge on any atom is 0.312 e. The summed E-state index contributed by atoms with van der Waals surface area (Å²) >= 11 is 0. The van der Waals surface area contributed by atoms with E-state index in [4.69, 9.17) is 4.74 Å². The van der Waals surface area contributed by atoms with Crippen molar-refractivity contribution >= 4 is 5.97 Å². The summed E-state index contributed by atoms with van der Waals surface area (Å²) in [5.74, 6) is -0.347. The first-order valence-electron chi connectivity index (χ1n) is 8.18. The summed E-state index contributed by atoms with van der Waals surface area (Å²) < 4.78 is 18.5. The molecule has 2 fully saturated rings. The molecule has 0 unspecified atom stereocenters. The molecule has 2 saturated heterocycles. The second-order valence-corrected chi connectivity index (χ2v) is 6.44. The van der Waals surface area contributed by atoms with Gasteiger partial charge in [-0.05, 0) is 56.6 Å². The van der Waals surface area contributed by atoms with E-state index in [1.165, 1.54) is 12.1 Å². The standard InChI is InChI=1S/C17H23FN2O3/c18-13-2-4-14(5-3-13)23-11-10-20-9-6-15-17(12-20,16(21)22)7-1-8-19-15/h2-5,15,19H,1,6-12H2,(H,21,22)/t15-,17+/m1/s1. The SMILES string of the molecule is O=C(O)[C@]12CCCN[C@@H]1CCN(CCOc1ccc(F)cc1)C2. The molecule has 1 aromatic rings. The first-order chi connectivity index (χ1) is 11.1. The predicted molar refractivity (Wildman–Crippen MR) is 84.0 cm³/mol. The molecule has 2 aliphatic heterocycles. The maximum atomic E-state index is 12.9. The van der Waals surface area contributed by atoms with E-state index in [9.17, 15) is 14.3 Å². The lowest BCUT2D eigenvalue weighted by molar-refractivity contribution is -0.157. The molecule has 1 aromatic carbocycles. The van der Waals surface area contributed by atoms with Crippen molar-refractivity contribution in [1.82, 2.24) is 10.2 Å². The van der Waals surface area contributed by atoms with Gasteiger partial charge in [-0.1, -0.05) is 0 Å². The summed E-state index contributed by atoms with van der Waals surface area (Å²) in [5, 5.41) is 13.1. The summed E-state index contributed by atoms with van der Waals surface area (Å²) in [6.45, 7) is 3.50. The number of carboxylic acid groups (broad SMARTS) is 1. The highest BCUT2D eigenvalue weighted by Crippen LogP contribution is 2.37. The average molecular weight is 322 g/mol. The van der Waals surface area contributed by atoms with Crippen LogP contribution in [0.4, 0.5) is 4.39 Å². The summed E-state index contributed by atoms with van der Waals surface area (Å²) in [7, 11) is 0. The number of nitrogens with one attached hydrogen (secondary N) is 1. The van der Waals surface area contributed by atoms with Gasteiger partial charge in [0.2, 0.25) is 0 Å². The smallest absolute Gasteiger partial charge is 0.312 e. The van der Waals surface area contributed by atoms with Gasteiger partial charge >= 0.3 is 5.97 Å². The Morgan fingerprint density at radius 3 is 2.96 bits per heavy atom. The average Bonchev–Trinajstić information content (AvgIpc) is 2.56. The van der Waals surface area contributed by atoms with E-state index < -0.39 is 11.4 Å². The first kappa shape index (κ1) is 16.2. The van der Waals surface area contributed by atoms with Gasteiger partial charge in [0.05, 0.1) is 5.41 Å². The van der Waals surface area contributed by atoms with Crippen LogP contribution in [0.5, 0.6) is 5.75 Å². The van der Waals surface area contributed by atoms with Crippen LogP contribution in [0.15, 0.2) is 24.3 Å². The topological polar surface area (TPSA) is 61.8 Å². The molecule has 126 valence electrons. The third-order valence-electron chi connectivity index (χ3n) is 5.01. The van der Waals surface area contributed by atoms with Gasteiger partial charge in [0.1, 0.15) is 18.2 Å². The van der Waals surface area contributed by atoms with Crippen molar-refractivity contribution in [3.05, 3.63) is 30.1 Å². The lowest BCUT2D eigenvalue weighted by Gasteiger charge is -2.48. The number of rotatable bonds is 5. The van der Waals surface area contributed by atoms with Crippen LogP contribution in [-0.2, 0) is 4.79 Å². The molecule has 2 heterocycles. The van der Waals surface area contributed by atoms with Gasteiger partial charge in [-0.3, -0.25) is 9.69 Å². The lowest BCUT2D eigenvalue weighted by Crippen LogP contribution is -2.63. The molecule has 0 spiro atoms. The zero-order valence-electron chi connectivity index (χ0n) is 13.1. The second-order valence-electron chi connectivity index (χ2n) is 6.44. The molecule has 23 heavy (non-hydrogen) atoms. The number of piperidine rings is 2. The highest BCUT2D eigenvalue weighted by atomic mass is 19.1. The Balaban J connectivity index is 1.55. The summed E-state index contributed by atoms with van der Waals surface area (Å²) in [6, 6.07) is 6.02. The number of nitrogens with zero attached hydrogens (tertiary/aromatic N) is 1. The molecular weight excluding hydrogens is 299 g/mol. The van der Waals surface area contributed by atoms with Crippen molar-refractivity contribution in [3.63, 3.8) is 0 Å². The van der Waals surface area contributed by atoms with Crippen LogP contribution in [0.2, 0.25) is 0 Å². The molecule has 3 rings (SSSR count). The van der Waals surface area contributed by atoms with E-state index in [0.29, 0.717) is 25.4 Å². The fourth-order valence-electron chi connectivity index (χ4n) is 3.74. The highest BCUT2D eigenvalue weighted by molar-refractivity contribution is 5.76. The minimum atomic E-state index is -0.696. The molecule has 5 nitrogen and oxygen atoms in total. The maximum absolute atomic E-state index is 12.9. The van der Waals surface area contributed by atoms with Gasteiger partial charge in [0, 0.05) is 19.1 Å². The number of hydrogen-bond donors (Lipinski definition) is 2. The molecule has 0 bridgehead atoms. The van der Waals surface area contributed by atoms with Gasteiger partial charge in [-0.25, -0.2) is 4.39 Å². The van der Waals surface area contributed by atoms with Crippen LogP contribution in [0, 0.1) is 11.2 Å². The predicted octanol–water partition coefficient (Wildman–Crippen LogP) is 1.73. The molecule has 2 atom stereocenters. The summed E-state index contributed by atoms with van der Waals surface area (Å²) in [5.41, 5.74) is -0.674. The van der Waals surface area contributed by atoms with E-state index in [1.54, 1.807) is 12.1 Å². The van der Waals surface area contributed by atoms with Crippen LogP contribution >= 0.6 is 0 Å². The van der Waals surface area contributed by atoms with Crippen LogP contribution < -0.4 is 10.1 Å². The van der Waals surface area contributed by atoms with Crippen molar-refractivity contribution in [2.75, 3.05) is 32.8 Å². The van der Waals surface area contributed by atoms with Crippen molar-refractivity contribution in [3.8, 4) is 5.75 Å². The Morgan fingerprint density at radius 2 is 2.22 bits per heavy atom. The minimum Gasteiger partial charge on any atom is -0.492 e. The van der Waals surface area contributed by atoms with Crippen LogP contribution in [0.3, 0.4) is 0 Å². The highest BCUT2D eigenvalue weighted by Gasteiger charge is 2.50. The van der Waals surface area contributed by atoms with Crippen LogP contribution in [0.1, 0.15) is 19.3 Å². The monoisotopic (exact) mass is 322 g/mol. The van der Waals surface area contributed by atoms with Gasteiger partial charge in [0.15, 0.2) is 0 Å². The number of carboxylic acids is 1. The number of benzene rings is 1. The quantitative estimate of drug-likeness (QED) is 0.864. The number of hydrogen-bond acceptors (Lipinski definition) is 4. The molecule has 0 aliphatic carbocycles. The van der Waals surface area contributed by atoms with Gasteiger partial charge in [0.25, 0.3) is 0 Å². The lowest BCUT2D eigenvalue weighted by atomic mass is 9.70. The third kappa shape index (κ3) is 3.48. The first-order valence-corrected chi connectivity index (χ1v) is 8.18. The van der Waals surface area contributed by atoms with E-state index >= 15 is 0 Å². The molecule has 2 aliphatic rings. The largest absolute Gasteiger partial charge is 0.492 e. The fraction of sp³-hybridized carbons (Fsp3) is 0.588. The molecule has 0 radical (unpaired) electrons. The van der Waals surface area contributed by atoms with Crippen LogP contribution in [-0.4, -0.2) is 54.8 Å². The van der Waals surface area contributed by atoms with Crippen LogP contribution in [0.25, 0.3) is 0 Å². The Kier molecular flexibility index (Phi) is 4.82. The molecule has 2 N–H and O–H groups in total. The summed E-state index contributed by atoms with van der Waals surface area (Å²) in [4.78, 5) is 14.0. The van der Waals surface area contributed by atoms with E-state index in [2.05, 4.69) is 10.2 Å². The number of halogens is 1. The zero-order chi connectivity index (χ0) is 16.3. The van der Waals surface area contributed by atoms with E-state index in [1.807, 2.05) is 0 Å². The number of aliphatic carboxylic acids is 1. The molecule has 6 heteroatoms. The second kappa shape index (κ2) is 6.84. The Labute approximate surface area is 135 Å². The summed E-state index contributed by atoms with van der Waals surface area (Å²) in [6.07, 6.45) is 2.49. The van der Waals surface area contributed by atoms with Crippen molar-refractivity contribution in [1.29, 1.82) is 0 Å². The number of carbonyl (C=O) groups is 1. The van der Waals surface area contributed by atoms with E-state index in [-0.39, 0.29) is 11.9 Å². The van der Waals surface area contributed by atoms with Crippen molar-refractivity contribution < 1.29 is 19.0 Å². The Bertz CT molecular complexity index is 551. The van der Waals surface area contributed by atoms with Crippen molar-refractivity contribution in [2.24, 2.45) is 5.41 Å².